The van der Waals surface area contributed by atoms with Gasteiger partial charge in [0.2, 0.25) is 0 Å². The topological polar surface area (TPSA) is 55.0 Å². The van der Waals surface area contributed by atoms with Crippen LogP contribution < -0.4 is 10.3 Å². The van der Waals surface area contributed by atoms with Crippen molar-refractivity contribution in [2.45, 2.75) is 0 Å². The lowest BCUT2D eigenvalue weighted by molar-refractivity contribution is 0.414. The van der Waals surface area contributed by atoms with Crippen molar-refractivity contribution in [1.82, 2.24) is 4.57 Å². The Kier molecular flexibility index (Phi) is 2.93. The Morgan fingerprint density at radius 2 is 2.12 bits per heavy atom. The number of nitrogens with zero attached hydrogens (tertiary/aromatic N) is 2. The highest BCUT2D eigenvalue weighted by Crippen LogP contribution is 2.14. The van der Waals surface area contributed by atoms with Gasteiger partial charge in [0.15, 0.2) is 0 Å². The highest BCUT2D eigenvalue weighted by Gasteiger charge is 2.04. The van der Waals surface area contributed by atoms with Crippen LogP contribution in [0.5, 0.6) is 5.75 Å². The minimum Gasteiger partial charge on any atom is -0.497 e. The van der Waals surface area contributed by atoms with Crippen molar-refractivity contribution in [3.05, 3.63) is 58.5 Å². The smallest absolute Gasteiger partial charge is 0.272 e. The summed E-state index contributed by atoms with van der Waals surface area (Å²) in [5.41, 5.74) is 0.463. The zero-order valence-electron chi connectivity index (χ0n) is 9.25. The largest absolute Gasteiger partial charge is 0.497 e. The molecule has 0 spiro atoms. The first-order valence-electron chi connectivity index (χ1n) is 5.02. The molecule has 0 amide bonds. The van der Waals surface area contributed by atoms with E-state index >= 15 is 0 Å². The van der Waals surface area contributed by atoms with Gasteiger partial charge in [0.25, 0.3) is 5.56 Å². The fourth-order valence-corrected chi connectivity index (χ4v) is 1.54. The molecule has 4 heteroatoms. The summed E-state index contributed by atoms with van der Waals surface area (Å²) in [6, 6.07) is 12.1. The van der Waals surface area contributed by atoms with Crippen LogP contribution in [0.15, 0.2) is 47.4 Å². The van der Waals surface area contributed by atoms with E-state index in [-0.39, 0.29) is 11.1 Å². The van der Waals surface area contributed by atoms with Gasteiger partial charge in [-0.15, -0.1) is 0 Å². The van der Waals surface area contributed by atoms with Gasteiger partial charge < -0.3 is 4.74 Å². The minimum absolute atomic E-state index is 0.121. The number of benzene rings is 1. The SMILES string of the molecule is COc1cccc(-n2cccc(C#N)c2=O)c1. The third-order valence-corrected chi connectivity index (χ3v) is 2.40. The highest BCUT2D eigenvalue weighted by atomic mass is 16.5. The summed E-state index contributed by atoms with van der Waals surface area (Å²) < 4.78 is 6.51. The van der Waals surface area contributed by atoms with Crippen LogP contribution in [-0.4, -0.2) is 11.7 Å². The molecule has 0 aliphatic rings. The molecule has 1 heterocycles. The van der Waals surface area contributed by atoms with Gasteiger partial charge in [0, 0.05) is 12.3 Å². The molecule has 17 heavy (non-hydrogen) atoms. The van der Waals surface area contributed by atoms with Gasteiger partial charge in [-0.05, 0) is 24.3 Å². The van der Waals surface area contributed by atoms with Crippen molar-refractivity contribution in [3.63, 3.8) is 0 Å². The summed E-state index contributed by atoms with van der Waals surface area (Å²) >= 11 is 0. The molecule has 0 saturated carbocycles. The van der Waals surface area contributed by atoms with Crippen LogP contribution in [-0.2, 0) is 0 Å². The quantitative estimate of drug-likeness (QED) is 0.783. The van der Waals surface area contributed by atoms with Gasteiger partial charge >= 0.3 is 0 Å². The van der Waals surface area contributed by atoms with Crippen LogP contribution in [0.2, 0.25) is 0 Å². The molecule has 1 aromatic heterocycles. The standard InChI is InChI=1S/C13H10N2O2/c1-17-12-6-2-5-11(8-12)15-7-3-4-10(9-14)13(15)16/h2-8H,1H3. The molecular formula is C13H10N2O2. The van der Waals surface area contributed by atoms with Crippen molar-refractivity contribution >= 4 is 0 Å². The van der Waals surface area contributed by atoms with Crippen molar-refractivity contribution in [1.29, 1.82) is 5.26 Å². The summed E-state index contributed by atoms with van der Waals surface area (Å²) in [4.78, 5) is 11.9. The van der Waals surface area contributed by atoms with Crippen LogP contribution in [0.25, 0.3) is 5.69 Å². The molecule has 2 aromatic rings. The molecule has 0 aliphatic heterocycles. The van der Waals surface area contributed by atoms with Gasteiger partial charge in [-0.1, -0.05) is 6.07 Å². The van der Waals surface area contributed by atoms with E-state index in [1.807, 2.05) is 6.07 Å². The molecule has 0 N–H and O–H groups in total. The summed E-state index contributed by atoms with van der Waals surface area (Å²) in [7, 11) is 1.56. The maximum atomic E-state index is 11.9. The molecule has 0 saturated heterocycles. The molecule has 2 rings (SSSR count). The predicted molar refractivity (Wildman–Crippen MR) is 63.3 cm³/mol. The number of nitriles is 1. The number of aromatic nitrogens is 1. The summed E-state index contributed by atoms with van der Waals surface area (Å²) in [6.45, 7) is 0. The average Bonchev–Trinajstić information content (AvgIpc) is 2.39. The van der Waals surface area contributed by atoms with E-state index in [1.165, 1.54) is 10.6 Å². The number of methoxy groups -OCH3 is 1. The first kappa shape index (κ1) is 11.0. The zero-order valence-corrected chi connectivity index (χ0v) is 9.25. The van der Waals surface area contributed by atoms with Crippen molar-refractivity contribution in [3.8, 4) is 17.5 Å². The summed E-state index contributed by atoms with van der Waals surface area (Å²) in [6.07, 6.45) is 1.62. The fourth-order valence-electron chi connectivity index (χ4n) is 1.54. The Morgan fingerprint density at radius 1 is 1.29 bits per heavy atom. The third-order valence-electron chi connectivity index (χ3n) is 2.40. The van der Waals surface area contributed by atoms with Gasteiger partial charge in [-0.3, -0.25) is 9.36 Å². The molecular weight excluding hydrogens is 216 g/mol. The molecule has 0 bridgehead atoms. The Hall–Kier alpha value is -2.54. The highest BCUT2D eigenvalue weighted by molar-refractivity contribution is 5.41. The fraction of sp³-hybridized carbons (Fsp3) is 0.0769. The van der Waals surface area contributed by atoms with E-state index in [0.717, 1.165) is 0 Å². The normalized spacial score (nSPS) is 9.65. The summed E-state index contributed by atoms with van der Waals surface area (Å²) in [5, 5.41) is 8.80. The first-order valence-corrected chi connectivity index (χ1v) is 5.02. The summed E-state index contributed by atoms with van der Waals surface area (Å²) in [5.74, 6) is 0.664. The second-order valence-electron chi connectivity index (χ2n) is 3.41. The second-order valence-corrected chi connectivity index (χ2v) is 3.41. The number of ether oxygens (including phenoxy) is 1. The number of hydrogen-bond donors (Lipinski definition) is 0. The molecule has 0 atom stereocenters. The molecule has 0 radical (unpaired) electrons. The lowest BCUT2D eigenvalue weighted by Gasteiger charge is -2.07. The van der Waals surface area contributed by atoms with Gasteiger partial charge in [0.1, 0.15) is 17.4 Å². The van der Waals surface area contributed by atoms with Crippen molar-refractivity contribution in [2.75, 3.05) is 7.11 Å². The van der Waals surface area contributed by atoms with Crippen LogP contribution in [0.4, 0.5) is 0 Å². The number of hydrogen-bond acceptors (Lipinski definition) is 3. The molecule has 4 nitrogen and oxygen atoms in total. The van der Waals surface area contributed by atoms with E-state index in [0.29, 0.717) is 11.4 Å². The Bertz CT molecular complexity index is 638. The van der Waals surface area contributed by atoms with E-state index < -0.39 is 0 Å². The van der Waals surface area contributed by atoms with Crippen LogP contribution in [0, 0.1) is 11.3 Å². The van der Waals surface area contributed by atoms with Gasteiger partial charge in [0.05, 0.1) is 12.8 Å². The molecule has 1 aromatic carbocycles. The second kappa shape index (κ2) is 4.54. The minimum atomic E-state index is -0.330. The third kappa shape index (κ3) is 2.04. The first-order chi connectivity index (χ1) is 8.26. The maximum Gasteiger partial charge on any atom is 0.272 e. The Morgan fingerprint density at radius 3 is 2.82 bits per heavy atom. The molecule has 84 valence electrons. The lowest BCUT2D eigenvalue weighted by Crippen LogP contribution is -2.19. The average molecular weight is 226 g/mol. The van der Waals surface area contributed by atoms with Crippen molar-refractivity contribution in [2.24, 2.45) is 0 Å². The zero-order chi connectivity index (χ0) is 12.3. The van der Waals surface area contributed by atoms with Gasteiger partial charge in [-0.25, -0.2) is 0 Å². The molecule has 0 fully saturated rings. The maximum absolute atomic E-state index is 11.9. The van der Waals surface area contributed by atoms with Crippen LogP contribution >= 0.6 is 0 Å². The van der Waals surface area contributed by atoms with Crippen molar-refractivity contribution < 1.29 is 4.74 Å². The van der Waals surface area contributed by atoms with E-state index in [4.69, 9.17) is 10.00 Å². The number of rotatable bonds is 2. The van der Waals surface area contributed by atoms with Crippen LogP contribution in [0.3, 0.4) is 0 Å². The number of pyridine rings is 1. The van der Waals surface area contributed by atoms with E-state index in [2.05, 4.69) is 0 Å². The Labute approximate surface area is 98.3 Å². The predicted octanol–water partition coefficient (Wildman–Crippen LogP) is 1.72. The van der Waals surface area contributed by atoms with Crippen LogP contribution in [0.1, 0.15) is 5.56 Å². The van der Waals surface area contributed by atoms with E-state index in [9.17, 15) is 4.79 Å². The molecule has 0 unspecified atom stereocenters. The van der Waals surface area contributed by atoms with Gasteiger partial charge in [-0.2, -0.15) is 5.26 Å². The monoisotopic (exact) mass is 226 g/mol. The molecule has 0 aliphatic carbocycles. The Balaban J connectivity index is 2.61. The van der Waals surface area contributed by atoms with E-state index in [1.54, 1.807) is 43.6 Å². The lowest BCUT2D eigenvalue weighted by atomic mass is 10.2.